The molecule has 2 atom stereocenters. The van der Waals surface area contributed by atoms with Gasteiger partial charge in [-0.25, -0.2) is 8.78 Å². The largest absolute Gasteiger partial charge is 0.334 e. The lowest BCUT2D eigenvalue weighted by atomic mass is 9.93. The first kappa shape index (κ1) is 19.2. The lowest BCUT2D eigenvalue weighted by molar-refractivity contribution is -0.133. The Bertz CT molecular complexity index is 753. The van der Waals surface area contributed by atoms with Crippen LogP contribution in [0.1, 0.15) is 23.6 Å². The van der Waals surface area contributed by atoms with E-state index in [4.69, 9.17) is 0 Å². The first-order valence-corrected chi connectivity index (χ1v) is 9.55. The number of aryl methyl sites for hydroxylation is 2. The molecule has 0 aliphatic carbocycles. The van der Waals surface area contributed by atoms with Crippen LogP contribution in [0.15, 0.2) is 6.07 Å². The number of likely N-dealkylation sites (N-methyl/N-ethyl adjacent to an activating group) is 1. The van der Waals surface area contributed by atoms with Crippen molar-refractivity contribution in [3.8, 4) is 0 Å². The number of carbonyl (C=O) groups is 2. The van der Waals surface area contributed by atoms with Gasteiger partial charge in [0.15, 0.2) is 5.67 Å². The number of amides is 2. The minimum absolute atomic E-state index is 0.0740. The fraction of sp³-hybridized carbons (Fsp3) is 0.667. The summed E-state index contributed by atoms with van der Waals surface area (Å²) in [4.78, 5) is 31.2. The van der Waals surface area contributed by atoms with Gasteiger partial charge >= 0.3 is 0 Å². The van der Waals surface area contributed by atoms with Gasteiger partial charge in [0.05, 0.1) is 31.9 Å². The predicted molar refractivity (Wildman–Crippen MR) is 98.2 cm³/mol. The topological polar surface area (TPSA) is 43.9 Å². The van der Waals surface area contributed by atoms with Crippen LogP contribution in [-0.2, 0) is 9.59 Å². The van der Waals surface area contributed by atoms with Gasteiger partial charge in [0.25, 0.3) is 5.91 Å². The first-order chi connectivity index (χ1) is 12.0. The summed E-state index contributed by atoms with van der Waals surface area (Å²) in [7, 11) is 1.78. The van der Waals surface area contributed by atoms with Crippen molar-refractivity contribution in [1.29, 1.82) is 0 Å². The third-order valence-electron chi connectivity index (χ3n) is 5.48. The lowest BCUT2D eigenvalue weighted by Crippen LogP contribution is -2.48. The van der Waals surface area contributed by atoms with E-state index in [0.717, 1.165) is 14.7 Å². The van der Waals surface area contributed by atoms with Crippen molar-refractivity contribution >= 4 is 28.8 Å². The number of hydrogen-bond donors (Lipinski definition) is 0. The van der Waals surface area contributed by atoms with E-state index in [1.54, 1.807) is 18.0 Å². The number of carbonyl (C=O) groups excluding carboxylic acids is 2. The molecular formula is C18H25F2N3O2S. The zero-order valence-corrected chi connectivity index (χ0v) is 16.6. The maximum atomic E-state index is 15.5. The molecule has 3 rings (SSSR count). The summed E-state index contributed by atoms with van der Waals surface area (Å²) in [5.41, 5.74) is -4.49. The van der Waals surface area contributed by atoms with Crippen LogP contribution in [0.4, 0.5) is 14.5 Å². The molecule has 2 aliphatic rings. The predicted octanol–water partition coefficient (Wildman–Crippen LogP) is 2.31. The average molecular weight is 385 g/mol. The minimum Gasteiger partial charge on any atom is -0.334 e. The monoisotopic (exact) mass is 385 g/mol. The summed E-state index contributed by atoms with van der Waals surface area (Å²) < 4.78 is 31.0. The van der Waals surface area contributed by atoms with Crippen LogP contribution in [0.2, 0.25) is 0 Å². The minimum atomic E-state index is -2.68. The molecule has 2 saturated heterocycles. The molecule has 0 spiro atoms. The smallest absolute Gasteiger partial charge is 0.270 e. The van der Waals surface area contributed by atoms with Crippen molar-refractivity contribution in [2.75, 3.05) is 38.1 Å². The van der Waals surface area contributed by atoms with Crippen LogP contribution in [-0.4, -0.2) is 72.2 Å². The van der Waals surface area contributed by atoms with Crippen LogP contribution in [0.5, 0.6) is 0 Å². The van der Waals surface area contributed by atoms with Crippen molar-refractivity contribution in [3.63, 3.8) is 0 Å². The van der Waals surface area contributed by atoms with E-state index in [2.05, 4.69) is 0 Å². The Morgan fingerprint density at radius 3 is 2.46 bits per heavy atom. The molecule has 5 nitrogen and oxygen atoms in total. The van der Waals surface area contributed by atoms with Gasteiger partial charge in [0, 0.05) is 15.8 Å². The lowest BCUT2D eigenvalue weighted by Gasteiger charge is -2.26. The number of alkyl halides is 2. The first-order valence-electron chi connectivity index (χ1n) is 8.73. The molecule has 0 aromatic carbocycles. The number of anilines is 1. The molecule has 1 aromatic heterocycles. The molecule has 2 fully saturated rings. The molecule has 0 N–H and O–H groups in total. The molecule has 0 saturated carbocycles. The van der Waals surface area contributed by atoms with Crippen molar-refractivity contribution in [2.45, 2.75) is 45.1 Å². The maximum Gasteiger partial charge on any atom is 0.270 e. The number of thiophene rings is 1. The van der Waals surface area contributed by atoms with Gasteiger partial charge in [0.2, 0.25) is 11.6 Å². The van der Waals surface area contributed by atoms with Crippen LogP contribution in [0, 0.1) is 13.8 Å². The number of halogens is 2. The Hall–Kier alpha value is -1.54. The van der Waals surface area contributed by atoms with E-state index >= 15 is 8.78 Å². The molecule has 0 bridgehead atoms. The number of fused-ring (bicyclic) bond motifs is 1. The SMILES string of the molecule is Cc1cc(N2C[C@]3(F)CN(C(=O)CN(C)C(C)C)C[C@]3(F)C2=O)c(C)s1. The van der Waals surface area contributed by atoms with Crippen LogP contribution in [0.3, 0.4) is 0 Å². The van der Waals surface area contributed by atoms with Crippen molar-refractivity contribution < 1.29 is 18.4 Å². The molecule has 144 valence electrons. The standard InChI is InChI=1S/C18H25F2N3O2S/c1-11(2)21(5)7-15(24)22-8-17(19)9-23(16(25)18(17,20)10-22)14-6-12(3)26-13(14)4/h6,11H,7-10H2,1-5H3/t17-,18+/m1/s1. The van der Waals surface area contributed by atoms with E-state index < -0.39 is 30.3 Å². The third-order valence-corrected chi connectivity index (χ3v) is 6.43. The van der Waals surface area contributed by atoms with E-state index in [0.29, 0.717) is 5.69 Å². The molecule has 0 unspecified atom stereocenters. The summed E-state index contributed by atoms with van der Waals surface area (Å²) in [5, 5.41) is 0. The second-order valence-electron chi connectivity index (χ2n) is 7.71. The van der Waals surface area contributed by atoms with Gasteiger partial charge in [0.1, 0.15) is 0 Å². The highest BCUT2D eigenvalue weighted by Gasteiger charge is 2.72. The summed E-state index contributed by atoms with van der Waals surface area (Å²) >= 11 is 1.49. The summed E-state index contributed by atoms with van der Waals surface area (Å²) in [6.45, 7) is 6.41. The third kappa shape index (κ3) is 2.83. The van der Waals surface area contributed by atoms with Crippen molar-refractivity contribution in [3.05, 3.63) is 15.8 Å². The van der Waals surface area contributed by atoms with E-state index in [-0.39, 0.29) is 25.0 Å². The maximum absolute atomic E-state index is 15.5. The van der Waals surface area contributed by atoms with Crippen LogP contribution < -0.4 is 4.90 Å². The van der Waals surface area contributed by atoms with Gasteiger partial charge in [-0.05, 0) is 40.8 Å². The number of likely N-dealkylation sites (tertiary alicyclic amines) is 1. The molecule has 2 amide bonds. The molecule has 1 aromatic rings. The molecule has 8 heteroatoms. The summed E-state index contributed by atoms with van der Waals surface area (Å²) in [6.07, 6.45) is 0. The Morgan fingerprint density at radius 2 is 1.96 bits per heavy atom. The number of nitrogens with zero attached hydrogens (tertiary/aromatic N) is 3. The Balaban J connectivity index is 1.80. The Labute approximate surface area is 156 Å². The zero-order valence-electron chi connectivity index (χ0n) is 15.8. The highest BCUT2D eigenvalue weighted by atomic mass is 32.1. The molecular weight excluding hydrogens is 360 g/mol. The Kier molecular flexibility index (Phi) is 4.63. The van der Waals surface area contributed by atoms with Crippen molar-refractivity contribution in [2.24, 2.45) is 0 Å². The quantitative estimate of drug-likeness (QED) is 0.799. The van der Waals surface area contributed by atoms with Crippen LogP contribution in [0.25, 0.3) is 0 Å². The number of hydrogen-bond acceptors (Lipinski definition) is 4. The normalized spacial score (nSPS) is 28.6. The molecule has 26 heavy (non-hydrogen) atoms. The summed E-state index contributed by atoms with van der Waals surface area (Å²) in [5.74, 6) is -1.24. The fourth-order valence-corrected chi connectivity index (χ4v) is 4.54. The van der Waals surface area contributed by atoms with Gasteiger partial charge in [-0.15, -0.1) is 11.3 Å². The van der Waals surface area contributed by atoms with Gasteiger partial charge in [-0.1, -0.05) is 0 Å². The average Bonchev–Trinajstić information content (AvgIpc) is 3.07. The fourth-order valence-electron chi connectivity index (χ4n) is 3.61. The molecule has 3 heterocycles. The van der Waals surface area contributed by atoms with Crippen LogP contribution >= 0.6 is 11.3 Å². The van der Waals surface area contributed by atoms with E-state index in [1.807, 2.05) is 27.7 Å². The van der Waals surface area contributed by atoms with E-state index in [9.17, 15) is 9.59 Å². The summed E-state index contributed by atoms with van der Waals surface area (Å²) in [6, 6.07) is 1.92. The Morgan fingerprint density at radius 1 is 1.31 bits per heavy atom. The van der Waals surface area contributed by atoms with E-state index in [1.165, 1.54) is 16.2 Å². The highest BCUT2D eigenvalue weighted by Crippen LogP contribution is 2.48. The molecule has 2 aliphatic heterocycles. The second kappa shape index (κ2) is 6.27. The van der Waals surface area contributed by atoms with Gasteiger partial charge in [-0.3, -0.25) is 14.5 Å². The second-order valence-corrected chi connectivity index (χ2v) is 9.18. The van der Waals surface area contributed by atoms with Gasteiger partial charge in [-0.2, -0.15) is 0 Å². The van der Waals surface area contributed by atoms with Gasteiger partial charge < -0.3 is 9.80 Å². The van der Waals surface area contributed by atoms with Crippen molar-refractivity contribution in [1.82, 2.24) is 9.80 Å². The zero-order chi connectivity index (χ0) is 19.4. The highest BCUT2D eigenvalue weighted by molar-refractivity contribution is 7.12. The number of rotatable bonds is 4. The molecule has 0 radical (unpaired) electrons.